The third-order valence-corrected chi connectivity index (χ3v) is 3.24. The van der Waals surface area contributed by atoms with Crippen LogP contribution in [0.15, 0.2) is 76.7 Å². The van der Waals surface area contributed by atoms with E-state index in [1.54, 1.807) is 37.5 Å². The second kappa shape index (κ2) is 6.13. The molecule has 2 heterocycles. The number of aromatic nitrogens is 1. The van der Waals surface area contributed by atoms with Crippen molar-refractivity contribution in [2.45, 2.75) is 6.92 Å². The van der Waals surface area contributed by atoms with Crippen LogP contribution in [0, 0.1) is 0 Å². The number of carbonyl (C=O) groups is 1. The zero-order valence-electron chi connectivity index (χ0n) is 12.1. The van der Waals surface area contributed by atoms with Crippen LogP contribution in [-0.2, 0) is 0 Å². The molecule has 0 fully saturated rings. The van der Waals surface area contributed by atoms with E-state index in [1.165, 1.54) is 0 Å². The Balaban J connectivity index is 1.69. The van der Waals surface area contributed by atoms with Crippen molar-refractivity contribution < 1.29 is 9.21 Å². The highest BCUT2D eigenvalue weighted by Gasteiger charge is 2.06. The summed E-state index contributed by atoms with van der Waals surface area (Å²) in [6, 6.07) is 14.8. The van der Waals surface area contributed by atoms with E-state index in [-0.39, 0.29) is 5.91 Å². The van der Waals surface area contributed by atoms with Crippen LogP contribution < -0.4 is 5.43 Å². The van der Waals surface area contributed by atoms with Gasteiger partial charge < -0.3 is 8.98 Å². The van der Waals surface area contributed by atoms with Crippen molar-refractivity contribution >= 4 is 11.6 Å². The maximum atomic E-state index is 12.1. The zero-order valence-corrected chi connectivity index (χ0v) is 12.1. The summed E-state index contributed by atoms with van der Waals surface area (Å²) in [6.07, 6.45) is 5.47. The summed E-state index contributed by atoms with van der Waals surface area (Å²) in [4.78, 5) is 12.1. The predicted molar refractivity (Wildman–Crippen MR) is 84.2 cm³/mol. The van der Waals surface area contributed by atoms with Gasteiger partial charge in [-0.1, -0.05) is 0 Å². The zero-order chi connectivity index (χ0) is 15.4. The minimum absolute atomic E-state index is 0.259. The molecule has 0 aliphatic rings. The molecule has 1 aromatic carbocycles. The maximum Gasteiger partial charge on any atom is 0.271 e. The summed E-state index contributed by atoms with van der Waals surface area (Å²) in [6.45, 7) is 1.77. The lowest BCUT2D eigenvalue weighted by atomic mass is 10.2. The number of nitrogens with one attached hydrogen (secondary N) is 1. The van der Waals surface area contributed by atoms with Gasteiger partial charge in [0.2, 0.25) is 0 Å². The van der Waals surface area contributed by atoms with Gasteiger partial charge in [-0.2, -0.15) is 5.10 Å². The lowest BCUT2D eigenvalue weighted by Gasteiger charge is -2.05. The molecule has 0 aliphatic carbocycles. The lowest BCUT2D eigenvalue weighted by molar-refractivity contribution is 0.0955. The summed E-state index contributed by atoms with van der Waals surface area (Å²) >= 11 is 0. The van der Waals surface area contributed by atoms with Crippen molar-refractivity contribution in [1.29, 1.82) is 0 Å². The molecule has 0 unspecified atom stereocenters. The Hall–Kier alpha value is -3.08. The fraction of sp³-hybridized carbons (Fsp3) is 0.0588. The minimum Gasteiger partial charge on any atom is -0.463 e. The van der Waals surface area contributed by atoms with E-state index in [9.17, 15) is 4.79 Å². The number of hydrogen-bond acceptors (Lipinski definition) is 3. The number of carbonyl (C=O) groups excluding carboxylic acids is 1. The van der Waals surface area contributed by atoms with Crippen molar-refractivity contribution in [1.82, 2.24) is 9.99 Å². The van der Waals surface area contributed by atoms with Gasteiger partial charge in [-0.25, -0.2) is 5.43 Å². The molecular weight excluding hydrogens is 278 g/mol. The fourth-order valence-electron chi connectivity index (χ4n) is 2.03. The molecule has 1 N–H and O–H groups in total. The molecule has 0 saturated carbocycles. The topological polar surface area (TPSA) is 59.5 Å². The first kappa shape index (κ1) is 13.9. The van der Waals surface area contributed by atoms with E-state index in [2.05, 4.69) is 10.5 Å². The molecule has 5 heteroatoms. The van der Waals surface area contributed by atoms with Crippen LogP contribution >= 0.6 is 0 Å². The highest BCUT2D eigenvalue weighted by atomic mass is 16.3. The standard InChI is InChI=1S/C17H15N3O2/c1-13(16-5-4-12-22-16)18-19-17(21)14-6-8-15(9-7-14)20-10-2-3-11-20/h2-12H,1H3,(H,19,21). The molecule has 3 aromatic rings. The van der Waals surface area contributed by atoms with Gasteiger partial charge in [-0.05, 0) is 55.5 Å². The average Bonchev–Trinajstić information content (AvgIpc) is 3.25. The van der Waals surface area contributed by atoms with Crippen molar-refractivity contribution in [2.75, 3.05) is 0 Å². The van der Waals surface area contributed by atoms with Crippen LogP contribution in [0.5, 0.6) is 0 Å². The predicted octanol–water partition coefficient (Wildman–Crippen LogP) is 3.22. The smallest absolute Gasteiger partial charge is 0.271 e. The molecule has 0 spiro atoms. The summed E-state index contributed by atoms with van der Waals surface area (Å²) in [5.74, 6) is 0.369. The van der Waals surface area contributed by atoms with E-state index < -0.39 is 0 Å². The number of hydrazone groups is 1. The van der Waals surface area contributed by atoms with E-state index in [4.69, 9.17) is 4.42 Å². The first-order valence-corrected chi connectivity index (χ1v) is 6.86. The average molecular weight is 293 g/mol. The summed E-state index contributed by atoms with van der Waals surface area (Å²) < 4.78 is 7.18. The SMILES string of the molecule is CC(=NNC(=O)c1ccc(-n2cccc2)cc1)c1ccco1. The van der Waals surface area contributed by atoms with Crippen LogP contribution in [-0.4, -0.2) is 16.2 Å². The first-order chi connectivity index (χ1) is 10.7. The molecule has 2 aromatic heterocycles. The Morgan fingerprint density at radius 1 is 1.09 bits per heavy atom. The molecule has 1 amide bonds. The largest absolute Gasteiger partial charge is 0.463 e. The van der Waals surface area contributed by atoms with Crippen LogP contribution in [0.3, 0.4) is 0 Å². The quantitative estimate of drug-likeness (QED) is 0.593. The number of nitrogens with zero attached hydrogens (tertiary/aromatic N) is 2. The van der Waals surface area contributed by atoms with Gasteiger partial charge in [-0.15, -0.1) is 0 Å². The van der Waals surface area contributed by atoms with E-state index in [1.807, 2.05) is 41.2 Å². The molecule has 0 atom stereocenters. The van der Waals surface area contributed by atoms with E-state index in [0.29, 0.717) is 17.0 Å². The minimum atomic E-state index is -0.259. The summed E-state index contributed by atoms with van der Waals surface area (Å²) in [5.41, 5.74) is 4.68. The van der Waals surface area contributed by atoms with Crippen molar-refractivity contribution in [3.05, 3.63) is 78.5 Å². The molecule has 0 aliphatic heterocycles. The van der Waals surface area contributed by atoms with Gasteiger partial charge in [0.1, 0.15) is 11.5 Å². The highest BCUT2D eigenvalue weighted by Crippen LogP contribution is 2.10. The van der Waals surface area contributed by atoms with Crippen molar-refractivity contribution in [3.8, 4) is 5.69 Å². The fourth-order valence-corrected chi connectivity index (χ4v) is 2.03. The summed E-state index contributed by atoms with van der Waals surface area (Å²) in [7, 11) is 0. The van der Waals surface area contributed by atoms with Crippen LogP contribution in [0.2, 0.25) is 0 Å². The Labute approximate surface area is 127 Å². The number of rotatable bonds is 4. The molecule has 22 heavy (non-hydrogen) atoms. The molecular formula is C17H15N3O2. The lowest BCUT2D eigenvalue weighted by Crippen LogP contribution is -2.19. The third-order valence-electron chi connectivity index (χ3n) is 3.24. The van der Waals surface area contributed by atoms with E-state index >= 15 is 0 Å². The number of furan rings is 1. The molecule has 110 valence electrons. The molecule has 0 radical (unpaired) electrons. The maximum absolute atomic E-state index is 12.1. The molecule has 0 bridgehead atoms. The van der Waals surface area contributed by atoms with Gasteiger partial charge in [0.15, 0.2) is 0 Å². The molecule has 3 rings (SSSR count). The van der Waals surface area contributed by atoms with Gasteiger partial charge in [0.05, 0.1) is 6.26 Å². The second-order valence-electron chi connectivity index (χ2n) is 4.75. The van der Waals surface area contributed by atoms with Gasteiger partial charge in [0, 0.05) is 23.6 Å². The monoisotopic (exact) mass is 293 g/mol. The Kier molecular flexibility index (Phi) is 3.87. The summed E-state index contributed by atoms with van der Waals surface area (Å²) in [5, 5.41) is 4.03. The van der Waals surface area contributed by atoms with E-state index in [0.717, 1.165) is 5.69 Å². The van der Waals surface area contributed by atoms with Gasteiger partial charge in [-0.3, -0.25) is 4.79 Å². The van der Waals surface area contributed by atoms with Crippen molar-refractivity contribution in [2.24, 2.45) is 5.10 Å². The van der Waals surface area contributed by atoms with Gasteiger partial charge >= 0.3 is 0 Å². The van der Waals surface area contributed by atoms with Gasteiger partial charge in [0.25, 0.3) is 5.91 Å². The normalized spacial score (nSPS) is 11.4. The van der Waals surface area contributed by atoms with Crippen LogP contribution in [0.4, 0.5) is 0 Å². The number of hydrogen-bond donors (Lipinski definition) is 1. The number of amides is 1. The highest BCUT2D eigenvalue weighted by molar-refractivity contribution is 5.99. The Bertz CT molecular complexity index is 770. The van der Waals surface area contributed by atoms with Crippen molar-refractivity contribution in [3.63, 3.8) is 0 Å². The molecule has 5 nitrogen and oxygen atoms in total. The number of benzene rings is 1. The Morgan fingerprint density at radius 3 is 2.45 bits per heavy atom. The van der Waals surface area contributed by atoms with Crippen LogP contribution in [0.1, 0.15) is 23.0 Å². The third kappa shape index (κ3) is 2.98. The second-order valence-corrected chi connectivity index (χ2v) is 4.75. The van der Waals surface area contributed by atoms with Crippen LogP contribution in [0.25, 0.3) is 5.69 Å². The first-order valence-electron chi connectivity index (χ1n) is 6.86. The Morgan fingerprint density at radius 2 is 1.82 bits per heavy atom. The molecule has 0 saturated heterocycles.